The molecule has 0 radical (unpaired) electrons. The molecule has 2 heterocycles. The zero-order valence-corrected chi connectivity index (χ0v) is 12.1. The average molecular weight is 271 g/mol. The van der Waals surface area contributed by atoms with Crippen LogP contribution >= 0.6 is 0 Å². The second-order valence-electron chi connectivity index (χ2n) is 5.51. The van der Waals surface area contributed by atoms with Gasteiger partial charge in [0, 0.05) is 50.1 Å². The molecule has 0 saturated heterocycles. The molecule has 5 nitrogen and oxygen atoms in total. The topological polar surface area (TPSA) is 55.6 Å². The van der Waals surface area contributed by atoms with E-state index in [4.69, 9.17) is 0 Å². The molecule has 0 bridgehead atoms. The lowest BCUT2D eigenvalue weighted by molar-refractivity contribution is 0.401. The highest BCUT2D eigenvalue weighted by Gasteiger charge is 2.22. The molecule has 2 aromatic rings. The van der Waals surface area contributed by atoms with Gasteiger partial charge in [0.1, 0.15) is 17.5 Å². The normalized spacial score (nSPS) is 15.1. The molecule has 2 aromatic heterocycles. The van der Waals surface area contributed by atoms with Crippen molar-refractivity contribution in [1.82, 2.24) is 19.5 Å². The molecule has 1 fully saturated rings. The van der Waals surface area contributed by atoms with E-state index in [1.165, 1.54) is 19.3 Å². The molecule has 0 spiro atoms. The Balaban J connectivity index is 1.62. The number of hydrogen-bond acceptors (Lipinski definition) is 4. The lowest BCUT2D eigenvalue weighted by atomic mass is 9.85. The van der Waals surface area contributed by atoms with Crippen molar-refractivity contribution in [3.63, 3.8) is 0 Å². The third-order valence-corrected chi connectivity index (χ3v) is 3.92. The molecule has 0 amide bonds. The van der Waals surface area contributed by atoms with Gasteiger partial charge < -0.3 is 9.88 Å². The zero-order chi connectivity index (χ0) is 13.9. The first-order valence-electron chi connectivity index (χ1n) is 7.28. The summed E-state index contributed by atoms with van der Waals surface area (Å²) in [6.45, 7) is 2.87. The molecule has 1 saturated carbocycles. The number of rotatable bonds is 5. The Morgan fingerprint density at radius 1 is 1.35 bits per heavy atom. The highest BCUT2D eigenvalue weighted by Crippen LogP contribution is 2.34. The molecule has 0 aromatic carbocycles. The van der Waals surface area contributed by atoms with E-state index >= 15 is 0 Å². The summed E-state index contributed by atoms with van der Waals surface area (Å²) in [7, 11) is 2.02. The molecule has 3 rings (SSSR count). The van der Waals surface area contributed by atoms with Crippen LogP contribution < -0.4 is 5.32 Å². The Hall–Kier alpha value is -1.91. The van der Waals surface area contributed by atoms with Crippen LogP contribution in [0.2, 0.25) is 0 Å². The van der Waals surface area contributed by atoms with Gasteiger partial charge in [-0.15, -0.1) is 0 Å². The fourth-order valence-corrected chi connectivity index (χ4v) is 2.47. The van der Waals surface area contributed by atoms with E-state index in [1.807, 2.05) is 37.0 Å². The number of aryl methyl sites for hydroxylation is 2. The fraction of sp³-hybridized carbons (Fsp3) is 0.533. The van der Waals surface area contributed by atoms with E-state index in [-0.39, 0.29) is 0 Å². The molecular formula is C15H21N5. The molecule has 1 N–H and O–H groups in total. The van der Waals surface area contributed by atoms with E-state index in [2.05, 4.69) is 20.3 Å². The predicted molar refractivity (Wildman–Crippen MR) is 78.8 cm³/mol. The first-order valence-corrected chi connectivity index (χ1v) is 7.28. The molecule has 1 aliphatic rings. The van der Waals surface area contributed by atoms with Crippen LogP contribution in [0.15, 0.2) is 18.5 Å². The Bertz CT molecular complexity index is 586. The van der Waals surface area contributed by atoms with Crippen molar-refractivity contribution in [3.05, 3.63) is 35.8 Å². The van der Waals surface area contributed by atoms with Crippen LogP contribution in [0, 0.1) is 6.92 Å². The summed E-state index contributed by atoms with van der Waals surface area (Å²) in [6, 6.07) is 2.01. The maximum atomic E-state index is 4.65. The van der Waals surface area contributed by atoms with E-state index in [9.17, 15) is 0 Å². The summed E-state index contributed by atoms with van der Waals surface area (Å²) in [5.41, 5.74) is 1.04. The highest BCUT2D eigenvalue weighted by molar-refractivity contribution is 5.36. The summed E-state index contributed by atoms with van der Waals surface area (Å²) < 4.78 is 2.05. The van der Waals surface area contributed by atoms with Crippen molar-refractivity contribution in [3.8, 4) is 0 Å². The molecule has 1 aliphatic carbocycles. The fourth-order valence-electron chi connectivity index (χ4n) is 2.47. The number of aromatic nitrogens is 4. The SMILES string of the molecule is Cc1cc(NCCc2nccn2C)nc(C2CCC2)n1. The van der Waals surface area contributed by atoms with Crippen LogP contribution in [0.4, 0.5) is 5.82 Å². The minimum atomic E-state index is 0.574. The Morgan fingerprint density at radius 3 is 2.85 bits per heavy atom. The van der Waals surface area contributed by atoms with Gasteiger partial charge in [-0.2, -0.15) is 0 Å². The van der Waals surface area contributed by atoms with Crippen molar-refractivity contribution in [2.45, 2.75) is 38.5 Å². The summed E-state index contributed by atoms with van der Waals surface area (Å²) in [5.74, 6) is 3.61. The number of anilines is 1. The van der Waals surface area contributed by atoms with Crippen LogP contribution in [0.1, 0.15) is 42.5 Å². The Labute approximate surface area is 119 Å². The van der Waals surface area contributed by atoms with E-state index in [0.29, 0.717) is 5.92 Å². The molecule has 5 heteroatoms. The van der Waals surface area contributed by atoms with Crippen molar-refractivity contribution < 1.29 is 0 Å². The van der Waals surface area contributed by atoms with Gasteiger partial charge in [0.2, 0.25) is 0 Å². The lowest BCUT2D eigenvalue weighted by Gasteiger charge is -2.24. The average Bonchev–Trinajstić information content (AvgIpc) is 2.72. The second kappa shape index (κ2) is 5.61. The second-order valence-corrected chi connectivity index (χ2v) is 5.51. The third kappa shape index (κ3) is 2.81. The van der Waals surface area contributed by atoms with Crippen LogP contribution in [0.25, 0.3) is 0 Å². The van der Waals surface area contributed by atoms with Gasteiger partial charge in [0.15, 0.2) is 0 Å². The van der Waals surface area contributed by atoms with Gasteiger partial charge in [0.25, 0.3) is 0 Å². The highest BCUT2D eigenvalue weighted by atomic mass is 15.1. The van der Waals surface area contributed by atoms with E-state index < -0.39 is 0 Å². The molecular weight excluding hydrogens is 250 g/mol. The standard InChI is InChI=1S/C15H21N5/c1-11-10-13(19-15(18-11)12-4-3-5-12)16-7-6-14-17-8-9-20(14)2/h8-10,12H,3-7H2,1-2H3,(H,16,18,19). The minimum absolute atomic E-state index is 0.574. The predicted octanol–water partition coefficient (Wildman–Crippen LogP) is 2.44. The number of nitrogens with zero attached hydrogens (tertiary/aromatic N) is 4. The van der Waals surface area contributed by atoms with Gasteiger partial charge in [0.05, 0.1) is 0 Å². The molecule has 0 atom stereocenters. The van der Waals surface area contributed by atoms with E-state index in [0.717, 1.165) is 36.1 Å². The van der Waals surface area contributed by atoms with Gasteiger partial charge >= 0.3 is 0 Å². The number of nitrogens with one attached hydrogen (secondary N) is 1. The quantitative estimate of drug-likeness (QED) is 0.907. The zero-order valence-electron chi connectivity index (χ0n) is 12.1. The maximum Gasteiger partial charge on any atom is 0.134 e. The molecule has 20 heavy (non-hydrogen) atoms. The molecule has 0 unspecified atom stereocenters. The largest absolute Gasteiger partial charge is 0.370 e. The van der Waals surface area contributed by atoms with Crippen LogP contribution in [-0.2, 0) is 13.5 Å². The first-order chi connectivity index (χ1) is 9.72. The van der Waals surface area contributed by atoms with Crippen molar-refractivity contribution in [2.75, 3.05) is 11.9 Å². The van der Waals surface area contributed by atoms with Crippen LogP contribution in [0.3, 0.4) is 0 Å². The van der Waals surface area contributed by atoms with Crippen molar-refractivity contribution in [2.24, 2.45) is 7.05 Å². The first kappa shape index (κ1) is 13.1. The Morgan fingerprint density at radius 2 is 2.20 bits per heavy atom. The Kier molecular flexibility index (Phi) is 3.67. The van der Waals surface area contributed by atoms with Gasteiger partial charge in [-0.05, 0) is 19.8 Å². The lowest BCUT2D eigenvalue weighted by Crippen LogP contribution is -2.15. The molecule has 0 aliphatic heterocycles. The minimum Gasteiger partial charge on any atom is -0.370 e. The van der Waals surface area contributed by atoms with Crippen molar-refractivity contribution >= 4 is 5.82 Å². The summed E-state index contributed by atoms with van der Waals surface area (Å²) in [6.07, 6.45) is 8.47. The monoisotopic (exact) mass is 271 g/mol. The van der Waals surface area contributed by atoms with Crippen molar-refractivity contribution in [1.29, 1.82) is 0 Å². The number of hydrogen-bond donors (Lipinski definition) is 1. The van der Waals surface area contributed by atoms with Gasteiger partial charge in [-0.25, -0.2) is 15.0 Å². The maximum absolute atomic E-state index is 4.65. The van der Waals surface area contributed by atoms with Gasteiger partial charge in [-0.1, -0.05) is 6.42 Å². The van der Waals surface area contributed by atoms with Crippen LogP contribution in [-0.4, -0.2) is 26.1 Å². The van der Waals surface area contributed by atoms with E-state index in [1.54, 1.807) is 0 Å². The summed E-state index contributed by atoms with van der Waals surface area (Å²) in [4.78, 5) is 13.5. The number of imidazole rings is 1. The van der Waals surface area contributed by atoms with Crippen LogP contribution in [0.5, 0.6) is 0 Å². The molecule has 106 valence electrons. The van der Waals surface area contributed by atoms with Gasteiger partial charge in [-0.3, -0.25) is 0 Å². The smallest absolute Gasteiger partial charge is 0.134 e. The summed E-state index contributed by atoms with van der Waals surface area (Å²) in [5, 5.41) is 3.39. The third-order valence-electron chi connectivity index (χ3n) is 3.92. The summed E-state index contributed by atoms with van der Waals surface area (Å²) >= 11 is 0.